The zero-order valence-electron chi connectivity index (χ0n) is 16.5. The molecule has 1 N–H and O–H groups in total. The van der Waals surface area contributed by atoms with Crippen LogP contribution in [0, 0.1) is 12.7 Å². The number of amides is 1. The van der Waals surface area contributed by atoms with Gasteiger partial charge in [0.05, 0.1) is 11.4 Å². The first-order chi connectivity index (χ1) is 14.6. The molecule has 0 aliphatic rings. The lowest BCUT2D eigenvalue weighted by molar-refractivity contribution is -0.116. The van der Waals surface area contributed by atoms with E-state index in [1.54, 1.807) is 25.1 Å². The van der Waals surface area contributed by atoms with Crippen LogP contribution in [-0.2, 0) is 21.4 Å². The number of rotatable bonds is 7. The highest BCUT2D eigenvalue weighted by Crippen LogP contribution is 2.23. The van der Waals surface area contributed by atoms with Crippen LogP contribution in [0.1, 0.15) is 11.1 Å². The SMILES string of the molecule is Cc1ccc(Cl)cc1NC(=O)CN(Cc1ccc(F)cc1)S(=O)(=O)c1ccc(Cl)cc1. The van der Waals surface area contributed by atoms with Crippen molar-refractivity contribution in [2.75, 3.05) is 11.9 Å². The first-order valence-corrected chi connectivity index (χ1v) is 11.4. The fourth-order valence-corrected chi connectivity index (χ4v) is 4.54. The number of carbonyl (C=O) groups excluding carboxylic acids is 1. The standard InChI is InChI=1S/C22H19Cl2FN2O3S/c1-15-2-5-18(24)12-21(15)26-22(28)14-27(13-16-3-8-19(25)9-4-16)31(29,30)20-10-6-17(23)7-11-20/h2-12H,13-14H2,1H3,(H,26,28). The second-order valence-electron chi connectivity index (χ2n) is 6.86. The molecule has 0 aromatic heterocycles. The van der Waals surface area contributed by atoms with E-state index in [1.807, 2.05) is 0 Å². The summed E-state index contributed by atoms with van der Waals surface area (Å²) >= 11 is 11.9. The van der Waals surface area contributed by atoms with Crippen molar-refractivity contribution in [1.82, 2.24) is 4.31 Å². The lowest BCUT2D eigenvalue weighted by Crippen LogP contribution is -2.37. The number of benzene rings is 3. The Kier molecular flexibility index (Phi) is 7.33. The highest BCUT2D eigenvalue weighted by Gasteiger charge is 2.27. The minimum atomic E-state index is -4.04. The van der Waals surface area contributed by atoms with Crippen LogP contribution in [0.25, 0.3) is 0 Å². The molecule has 0 spiro atoms. The number of hydrogen-bond donors (Lipinski definition) is 1. The fraction of sp³-hybridized carbons (Fsp3) is 0.136. The van der Waals surface area contributed by atoms with Gasteiger partial charge in [0.2, 0.25) is 15.9 Å². The second-order valence-corrected chi connectivity index (χ2v) is 9.67. The predicted octanol–water partition coefficient (Wildman–Crippen LogP) is 5.27. The van der Waals surface area contributed by atoms with Crippen molar-refractivity contribution in [2.45, 2.75) is 18.4 Å². The largest absolute Gasteiger partial charge is 0.325 e. The molecule has 0 radical (unpaired) electrons. The van der Waals surface area contributed by atoms with E-state index in [0.717, 1.165) is 9.87 Å². The zero-order valence-corrected chi connectivity index (χ0v) is 18.8. The average Bonchev–Trinajstić information content (AvgIpc) is 2.72. The van der Waals surface area contributed by atoms with Crippen LogP contribution in [0.2, 0.25) is 10.0 Å². The Bertz CT molecular complexity index is 1180. The lowest BCUT2D eigenvalue weighted by Gasteiger charge is -2.22. The van der Waals surface area contributed by atoms with Gasteiger partial charge >= 0.3 is 0 Å². The van der Waals surface area contributed by atoms with E-state index in [-0.39, 0.29) is 11.4 Å². The van der Waals surface area contributed by atoms with Gasteiger partial charge in [0, 0.05) is 22.3 Å². The molecular weight excluding hydrogens is 462 g/mol. The van der Waals surface area contributed by atoms with Crippen molar-refractivity contribution in [3.8, 4) is 0 Å². The summed E-state index contributed by atoms with van der Waals surface area (Å²) in [5.41, 5.74) is 1.80. The normalized spacial score (nSPS) is 11.5. The van der Waals surface area contributed by atoms with Crippen LogP contribution in [-0.4, -0.2) is 25.2 Å². The van der Waals surface area contributed by atoms with Gasteiger partial charge in [0.1, 0.15) is 5.82 Å². The van der Waals surface area contributed by atoms with E-state index < -0.39 is 28.3 Å². The molecule has 3 aromatic rings. The molecule has 0 atom stereocenters. The molecule has 0 bridgehead atoms. The minimum Gasteiger partial charge on any atom is -0.325 e. The van der Waals surface area contributed by atoms with Gasteiger partial charge in [-0.2, -0.15) is 4.31 Å². The summed E-state index contributed by atoms with van der Waals surface area (Å²) in [6, 6.07) is 16.1. The molecule has 0 fully saturated rings. The molecule has 162 valence electrons. The molecular formula is C22H19Cl2FN2O3S. The van der Waals surface area contributed by atoms with Crippen LogP contribution in [0.15, 0.2) is 71.6 Å². The monoisotopic (exact) mass is 480 g/mol. The molecule has 3 rings (SSSR count). The molecule has 0 heterocycles. The van der Waals surface area contributed by atoms with Crippen molar-refractivity contribution in [3.05, 3.63) is 93.7 Å². The minimum absolute atomic E-state index is 0.00857. The average molecular weight is 481 g/mol. The van der Waals surface area contributed by atoms with E-state index in [1.165, 1.54) is 48.5 Å². The summed E-state index contributed by atoms with van der Waals surface area (Å²) in [6.45, 7) is 1.23. The number of anilines is 1. The zero-order chi connectivity index (χ0) is 22.6. The summed E-state index contributed by atoms with van der Waals surface area (Å²) in [4.78, 5) is 12.7. The molecule has 31 heavy (non-hydrogen) atoms. The highest BCUT2D eigenvalue weighted by molar-refractivity contribution is 7.89. The quantitative estimate of drug-likeness (QED) is 0.500. The molecule has 0 aliphatic carbocycles. The molecule has 0 unspecified atom stereocenters. The second kappa shape index (κ2) is 9.78. The van der Waals surface area contributed by atoms with Crippen LogP contribution >= 0.6 is 23.2 Å². The summed E-state index contributed by atoms with van der Waals surface area (Å²) in [7, 11) is -4.04. The van der Waals surface area contributed by atoms with E-state index in [4.69, 9.17) is 23.2 Å². The molecule has 0 saturated heterocycles. The van der Waals surface area contributed by atoms with Crippen LogP contribution in [0.3, 0.4) is 0 Å². The van der Waals surface area contributed by atoms with Crippen molar-refractivity contribution in [3.63, 3.8) is 0 Å². The maximum Gasteiger partial charge on any atom is 0.243 e. The summed E-state index contributed by atoms with van der Waals surface area (Å²) in [5.74, 6) is -0.977. The fourth-order valence-electron chi connectivity index (χ4n) is 2.85. The first-order valence-electron chi connectivity index (χ1n) is 9.21. The molecule has 0 aliphatic heterocycles. The third kappa shape index (κ3) is 6.04. The third-order valence-electron chi connectivity index (χ3n) is 4.52. The Morgan fingerprint density at radius 3 is 2.23 bits per heavy atom. The van der Waals surface area contributed by atoms with Crippen molar-refractivity contribution >= 4 is 44.8 Å². The molecule has 1 amide bonds. The summed E-state index contributed by atoms with van der Waals surface area (Å²) in [5, 5.41) is 3.53. The summed E-state index contributed by atoms with van der Waals surface area (Å²) in [6.07, 6.45) is 0. The smallest absolute Gasteiger partial charge is 0.243 e. The van der Waals surface area contributed by atoms with E-state index in [0.29, 0.717) is 21.3 Å². The van der Waals surface area contributed by atoms with Crippen molar-refractivity contribution < 1.29 is 17.6 Å². The van der Waals surface area contributed by atoms with E-state index in [2.05, 4.69) is 5.32 Å². The molecule has 0 saturated carbocycles. The number of halogens is 3. The number of aryl methyl sites for hydroxylation is 1. The summed E-state index contributed by atoms with van der Waals surface area (Å²) < 4.78 is 40.8. The molecule has 3 aromatic carbocycles. The Balaban J connectivity index is 1.89. The molecule has 5 nitrogen and oxygen atoms in total. The van der Waals surface area contributed by atoms with Crippen LogP contribution in [0.5, 0.6) is 0 Å². The van der Waals surface area contributed by atoms with Gasteiger partial charge in [-0.05, 0) is 66.6 Å². The van der Waals surface area contributed by atoms with Crippen molar-refractivity contribution in [2.24, 2.45) is 0 Å². The Hall–Kier alpha value is -2.45. The Labute approximate surface area is 190 Å². The maximum absolute atomic E-state index is 13.3. The highest BCUT2D eigenvalue weighted by atomic mass is 35.5. The van der Waals surface area contributed by atoms with Gasteiger partial charge in [-0.3, -0.25) is 4.79 Å². The number of carbonyl (C=O) groups is 1. The Morgan fingerprint density at radius 1 is 0.968 bits per heavy atom. The van der Waals surface area contributed by atoms with Gasteiger partial charge in [-0.1, -0.05) is 41.4 Å². The van der Waals surface area contributed by atoms with E-state index >= 15 is 0 Å². The maximum atomic E-state index is 13.3. The number of hydrogen-bond acceptors (Lipinski definition) is 3. The van der Waals surface area contributed by atoms with Gasteiger partial charge < -0.3 is 5.32 Å². The van der Waals surface area contributed by atoms with Gasteiger partial charge in [-0.15, -0.1) is 0 Å². The van der Waals surface area contributed by atoms with Gasteiger partial charge in [0.25, 0.3) is 0 Å². The van der Waals surface area contributed by atoms with Crippen LogP contribution in [0.4, 0.5) is 10.1 Å². The number of sulfonamides is 1. The lowest BCUT2D eigenvalue weighted by atomic mass is 10.2. The van der Waals surface area contributed by atoms with Crippen LogP contribution < -0.4 is 5.32 Å². The Morgan fingerprint density at radius 2 is 1.58 bits per heavy atom. The topological polar surface area (TPSA) is 66.5 Å². The number of nitrogens with one attached hydrogen (secondary N) is 1. The number of nitrogens with zero attached hydrogens (tertiary/aromatic N) is 1. The van der Waals surface area contributed by atoms with Crippen molar-refractivity contribution in [1.29, 1.82) is 0 Å². The van der Waals surface area contributed by atoms with Gasteiger partial charge in [-0.25, -0.2) is 12.8 Å². The third-order valence-corrected chi connectivity index (χ3v) is 6.81. The predicted molar refractivity (Wildman–Crippen MR) is 120 cm³/mol. The molecule has 9 heteroatoms. The first kappa shape index (κ1) is 23.2. The van der Waals surface area contributed by atoms with E-state index in [9.17, 15) is 17.6 Å². The van der Waals surface area contributed by atoms with Gasteiger partial charge in [0.15, 0.2) is 0 Å².